The zero-order valence-electron chi connectivity index (χ0n) is 13.3. The standard InChI is InChI=1S/C16H18ClN5O2/c1-22-8-6-11(7-9-22)16-20-15(24-21-16)5-4-14(23)19-13-3-2-12(17)10-18-13/h2-3,6,10H,4-5,7-9H2,1H3,(H,18,19,23). The van der Waals surface area contributed by atoms with Crippen LogP contribution >= 0.6 is 11.6 Å². The molecule has 0 saturated heterocycles. The lowest BCUT2D eigenvalue weighted by atomic mass is 10.1. The van der Waals surface area contributed by atoms with E-state index in [9.17, 15) is 4.79 Å². The first-order chi connectivity index (χ1) is 11.6. The third kappa shape index (κ3) is 4.39. The zero-order chi connectivity index (χ0) is 16.9. The number of carbonyl (C=O) groups is 1. The van der Waals surface area contributed by atoms with Crippen molar-refractivity contribution in [3.05, 3.63) is 41.1 Å². The van der Waals surface area contributed by atoms with E-state index in [0.29, 0.717) is 29.0 Å². The van der Waals surface area contributed by atoms with Gasteiger partial charge in [0.05, 0.1) is 5.02 Å². The number of aryl methyl sites for hydroxylation is 1. The van der Waals surface area contributed by atoms with Gasteiger partial charge < -0.3 is 14.7 Å². The summed E-state index contributed by atoms with van der Waals surface area (Å²) in [4.78, 5) is 22.5. The van der Waals surface area contributed by atoms with Crippen LogP contribution in [0.4, 0.5) is 5.82 Å². The molecule has 0 atom stereocenters. The Labute approximate surface area is 144 Å². The molecule has 2 aromatic heterocycles. The summed E-state index contributed by atoms with van der Waals surface area (Å²) in [6, 6.07) is 3.32. The predicted octanol–water partition coefficient (Wildman–Crippen LogP) is 2.41. The number of hydrogen-bond acceptors (Lipinski definition) is 6. The maximum absolute atomic E-state index is 11.9. The fourth-order valence-electron chi connectivity index (χ4n) is 2.34. The van der Waals surface area contributed by atoms with Gasteiger partial charge in [-0.15, -0.1) is 0 Å². The van der Waals surface area contributed by atoms with Crippen LogP contribution in [0.3, 0.4) is 0 Å². The fourth-order valence-corrected chi connectivity index (χ4v) is 2.45. The van der Waals surface area contributed by atoms with Crippen LogP contribution in [0.15, 0.2) is 28.9 Å². The topological polar surface area (TPSA) is 84.2 Å². The number of aromatic nitrogens is 3. The van der Waals surface area contributed by atoms with Crippen molar-refractivity contribution in [2.45, 2.75) is 19.3 Å². The Morgan fingerprint density at radius 2 is 2.33 bits per heavy atom. The van der Waals surface area contributed by atoms with Crippen molar-refractivity contribution < 1.29 is 9.32 Å². The van der Waals surface area contributed by atoms with E-state index in [2.05, 4.69) is 38.5 Å². The second-order valence-corrected chi connectivity index (χ2v) is 6.10. The highest BCUT2D eigenvalue weighted by molar-refractivity contribution is 6.30. The van der Waals surface area contributed by atoms with Gasteiger partial charge in [-0.05, 0) is 31.2 Å². The van der Waals surface area contributed by atoms with Crippen LogP contribution in [0.5, 0.6) is 0 Å². The summed E-state index contributed by atoms with van der Waals surface area (Å²) < 4.78 is 5.23. The molecule has 1 aliphatic rings. The van der Waals surface area contributed by atoms with E-state index in [-0.39, 0.29) is 12.3 Å². The molecule has 0 spiro atoms. The lowest BCUT2D eigenvalue weighted by molar-refractivity contribution is -0.116. The minimum absolute atomic E-state index is 0.164. The maximum Gasteiger partial charge on any atom is 0.227 e. The molecule has 1 aliphatic heterocycles. The number of likely N-dealkylation sites (N-methyl/N-ethyl adjacent to an activating group) is 1. The van der Waals surface area contributed by atoms with Crippen LogP contribution in [0.2, 0.25) is 5.02 Å². The van der Waals surface area contributed by atoms with Crippen LogP contribution in [-0.2, 0) is 11.2 Å². The van der Waals surface area contributed by atoms with Gasteiger partial charge in [0, 0.05) is 32.1 Å². The molecule has 0 bridgehead atoms. The molecular weight excluding hydrogens is 330 g/mol. The number of rotatable bonds is 5. The Hall–Kier alpha value is -2.25. The van der Waals surface area contributed by atoms with E-state index >= 15 is 0 Å². The van der Waals surface area contributed by atoms with Crippen molar-refractivity contribution in [3.63, 3.8) is 0 Å². The summed E-state index contributed by atoms with van der Waals surface area (Å²) in [5, 5.41) is 7.23. The number of nitrogens with one attached hydrogen (secondary N) is 1. The van der Waals surface area contributed by atoms with Gasteiger partial charge in [0.25, 0.3) is 0 Å². The van der Waals surface area contributed by atoms with Crippen LogP contribution in [-0.4, -0.2) is 46.1 Å². The Bertz CT molecular complexity index is 741. The first kappa shape index (κ1) is 16.6. The molecule has 0 aliphatic carbocycles. The lowest BCUT2D eigenvalue weighted by Gasteiger charge is -2.19. The third-order valence-electron chi connectivity index (χ3n) is 3.73. The molecule has 3 heterocycles. The van der Waals surface area contributed by atoms with Crippen molar-refractivity contribution in [1.82, 2.24) is 20.0 Å². The Morgan fingerprint density at radius 3 is 3.04 bits per heavy atom. The number of amides is 1. The Kier molecular flexibility index (Phi) is 5.22. The largest absolute Gasteiger partial charge is 0.339 e. The normalized spacial score (nSPS) is 15.2. The monoisotopic (exact) mass is 347 g/mol. The van der Waals surface area contributed by atoms with E-state index in [1.807, 2.05) is 0 Å². The molecule has 0 radical (unpaired) electrons. The molecule has 126 valence electrons. The summed E-state index contributed by atoms with van der Waals surface area (Å²) >= 11 is 5.75. The molecule has 0 unspecified atom stereocenters. The molecule has 8 heteroatoms. The second-order valence-electron chi connectivity index (χ2n) is 5.66. The molecule has 24 heavy (non-hydrogen) atoms. The predicted molar refractivity (Wildman–Crippen MR) is 90.6 cm³/mol. The van der Waals surface area contributed by atoms with Gasteiger partial charge in [0.2, 0.25) is 11.8 Å². The number of anilines is 1. The van der Waals surface area contributed by atoms with Gasteiger partial charge in [-0.2, -0.15) is 4.98 Å². The van der Waals surface area contributed by atoms with Crippen LogP contribution in [0, 0.1) is 0 Å². The highest BCUT2D eigenvalue weighted by atomic mass is 35.5. The molecule has 0 fully saturated rings. The molecule has 3 rings (SSSR count). The van der Waals surface area contributed by atoms with Crippen LogP contribution in [0.1, 0.15) is 24.6 Å². The highest BCUT2D eigenvalue weighted by Crippen LogP contribution is 2.19. The molecular formula is C16H18ClN5O2. The van der Waals surface area contributed by atoms with E-state index in [4.69, 9.17) is 16.1 Å². The van der Waals surface area contributed by atoms with Gasteiger partial charge in [-0.25, -0.2) is 4.98 Å². The first-order valence-corrected chi connectivity index (χ1v) is 8.10. The smallest absolute Gasteiger partial charge is 0.227 e. The summed E-state index contributed by atoms with van der Waals surface area (Å²) in [6.45, 7) is 1.86. The fraction of sp³-hybridized carbons (Fsp3) is 0.375. The molecule has 1 amide bonds. The number of carbonyl (C=O) groups excluding carboxylic acids is 1. The van der Waals surface area contributed by atoms with E-state index in [1.165, 1.54) is 6.20 Å². The number of hydrogen-bond donors (Lipinski definition) is 1. The molecule has 7 nitrogen and oxygen atoms in total. The SMILES string of the molecule is CN1CC=C(c2noc(CCC(=O)Nc3ccc(Cl)cn3)n2)CC1. The van der Waals surface area contributed by atoms with Gasteiger partial charge in [-0.3, -0.25) is 4.79 Å². The van der Waals surface area contributed by atoms with Gasteiger partial charge in [0.1, 0.15) is 5.82 Å². The van der Waals surface area contributed by atoms with Gasteiger partial charge >= 0.3 is 0 Å². The minimum Gasteiger partial charge on any atom is -0.339 e. The van der Waals surface area contributed by atoms with Crippen molar-refractivity contribution in [2.24, 2.45) is 0 Å². The minimum atomic E-state index is -0.164. The summed E-state index contributed by atoms with van der Waals surface area (Å²) in [5.41, 5.74) is 1.10. The average Bonchev–Trinajstić information content (AvgIpc) is 3.05. The lowest BCUT2D eigenvalue weighted by Crippen LogP contribution is -2.23. The number of nitrogens with zero attached hydrogens (tertiary/aromatic N) is 4. The van der Waals surface area contributed by atoms with Crippen molar-refractivity contribution >= 4 is 28.9 Å². The molecule has 2 aromatic rings. The average molecular weight is 348 g/mol. The number of halogens is 1. The van der Waals surface area contributed by atoms with E-state index in [1.54, 1.807) is 12.1 Å². The van der Waals surface area contributed by atoms with Gasteiger partial charge in [-0.1, -0.05) is 22.8 Å². The Morgan fingerprint density at radius 1 is 1.46 bits per heavy atom. The van der Waals surface area contributed by atoms with Crippen molar-refractivity contribution in [2.75, 3.05) is 25.5 Å². The van der Waals surface area contributed by atoms with Crippen LogP contribution in [0.25, 0.3) is 5.57 Å². The molecule has 0 aromatic carbocycles. The Balaban J connectivity index is 1.52. The highest BCUT2D eigenvalue weighted by Gasteiger charge is 2.16. The molecule has 0 saturated carbocycles. The van der Waals surface area contributed by atoms with Crippen LogP contribution < -0.4 is 5.32 Å². The van der Waals surface area contributed by atoms with Crippen molar-refractivity contribution in [3.8, 4) is 0 Å². The summed E-state index contributed by atoms with van der Waals surface area (Å²) in [6.07, 6.45) is 5.12. The van der Waals surface area contributed by atoms with E-state index < -0.39 is 0 Å². The quantitative estimate of drug-likeness (QED) is 0.894. The van der Waals surface area contributed by atoms with Crippen molar-refractivity contribution in [1.29, 1.82) is 0 Å². The van der Waals surface area contributed by atoms with Gasteiger partial charge in [0.15, 0.2) is 5.82 Å². The third-order valence-corrected chi connectivity index (χ3v) is 3.95. The second kappa shape index (κ2) is 7.55. The maximum atomic E-state index is 11.9. The zero-order valence-corrected chi connectivity index (χ0v) is 14.1. The molecule has 1 N–H and O–H groups in total. The number of pyridine rings is 1. The first-order valence-electron chi connectivity index (χ1n) is 7.72. The van der Waals surface area contributed by atoms with E-state index in [0.717, 1.165) is 25.1 Å². The summed E-state index contributed by atoms with van der Waals surface area (Å²) in [7, 11) is 2.07. The summed E-state index contributed by atoms with van der Waals surface area (Å²) in [5.74, 6) is 1.39.